The summed E-state index contributed by atoms with van der Waals surface area (Å²) in [6, 6.07) is 4.88. The Morgan fingerprint density at radius 1 is 1.56 bits per heavy atom. The molecule has 0 aliphatic rings. The highest BCUT2D eigenvalue weighted by molar-refractivity contribution is 9.10. The molecular weight excluding hydrogens is 298 g/mol. The van der Waals surface area contributed by atoms with Gasteiger partial charge in [0.05, 0.1) is 11.6 Å². The van der Waals surface area contributed by atoms with Crippen LogP contribution in [-0.4, -0.2) is 24.2 Å². The lowest BCUT2D eigenvalue weighted by molar-refractivity contribution is -0.138. The van der Waals surface area contributed by atoms with Crippen molar-refractivity contribution in [1.82, 2.24) is 0 Å². The molecule has 1 aromatic carbocycles. The molecule has 1 aromatic rings. The third-order valence-corrected chi connectivity index (χ3v) is 3.26. The quantitative estimate of drug-likeness (QED) is 0.808. The van der Waals surface area contributed by atoms with Crippen LogP contribution in [0.3, 0.4) is 0 Å². The highest BCUT2D eigenvalue weighted by atomic mass is 79.9. The number of halogens is 1. The fraction of sp³-hybridized carbons (Fsp3) is 0.462. The molecule has 0 aliphatic carbocycles. The number of rotatable bonds is 7. The lowest BCUT2D eigenvalue weighted by Gasteiger charge is -2.16. The standard InChI is InChI=1S/C13H18BrNO3/c1-3-4-5-11(13(16)17)15-9-6-7-12(18-2)10(14)8-9/h6-8,11,15H,3-5H2,1-2H3,(H,16,17). The maximum Gasteiger partial charge on any atom is 0.326 e. The van der Waals surface area contributed by atoms with Gasteiger partial charge in [-0.3, -0.25) is 0 Å². The Kier molecular flexibility index (Phi) is 5.98. The van der Waals surface area contributed by atoms with Crippen LogP contribution in [0.5, 0.6) is 5.75 Å². The Morgan fingerprint density at radius 3 is 2.78 bits per heavy atom. The van der Waals surface area contributed by atoms with E-state index in [4.69, 9.17) is 9.84 Å². The summed E-state index contributed by atoms with van der Waals surface area (Å²) in [4.78, 5) is 11.1. The maximum absolute atomic E-state index is 11.1. The van der Waals surface area contributed by atoms with E-state index in [-0.39, 0.29) is 0 Å². The Morgan fingerprint density at radius 2 is 2.28 bits per heavy atom. The van der Waals surface area contributed by atoms with Gasteiger partial charge < -0.3 is 15.2 Å². The van der Waals surface area contributed by atoms with Gasteiger partial charge in [0.15, 0.2) is 0 Å². The van der Waals surface area contributed by atoms with Gasteiger partial charge in [0.25, 0.3) is 0 Å². The Balaban J connectivity index is 2.74. The molecular formula is C13H18BrNO3. The summed E-state index contributed by atoms with van der Waals surface area (Å²) in [5.41, 5.74) is 0.770. The molecule has 4 nitrogen and oxygen atoms in total. The molecule has 2 N–H and O–H groups in total. The maximum atomic E-state index is 11.1. The van der Waals surface area contributed by atoms with Gasteiger partial charge in [-0.2, -0.15) is 0 Å². The van der Waals surface area contributed by atoms with E-state index in [0.717, 1.165) is 28.8 Å². The van der Waals surface area contributed by atoms with Crippen molar-refractivity contribution in [2.45, 2.75) is 32.2 Å². The van der Waals surface area contributed by atoms with Crippen LogP contribution in [0.25, 0.3) is 0 Å². The summed E-state index contributed by atoms with van der Waals surface area (Å²) in [6.07, 6.45) is 2.49. The van der Waals surface area contributed by atoms with Gasteiger partial charge in [-0.05, 0) is 40.5 Å². The van der Waals surface area contributed by atoms with E-state index >= 15 is 0 Å². The zero-order chi connectivity index (χ0) is 13.5. The van der Waals surface area contributed by atoms with Crippen LogP contribution < -0.4 is 10.1 Å². The van der Waals surface area contributed by atoms with Crippen molar-refractivity contribution in [1.29, 1.82) is 0 Å². The Hall–Kier alpha value is -1.23. The summed E-state index contributed by atoms with van der Waals surface area (Å²) >= 11 is 3.37. The SMILES string of the molecule is CCCCC(Nc1ccc(OC)c(Br)c1)C(=O)O. The van der Waals surface area contributed by atoms with E-state index in [1.54, 1.807) is 13.2 Å². The molecule has 0 amide bonds. The molecule has 0 aromatic heterocycles. The van der Waals surface area contributed by atoms with E-state index in [9.17, 15) is 4.79 Å². The van der Waals surface area contributed by atoms with Gasteiger partial charge in [-0.1, -0.05) is 19.8 Å². The van der Waals surface area contributed by atoms with E-state index in [2.05, 4.69) is 21.2 Å². The number of anilines is 1. The molecule has 0 saturated heterocycles. The van der Waals surface area contributed by atoms with Crippen molar-refractivity contribution < 1.29 is 14.6 Å². The van der Waals surface area contributed by atoms with E-state index in [0.29, 0.717) is 6.42 Å². The smallest absolute Gasteiger partial charge is 0.326 e. The summed E-state index contributed by atoms with van der Waals surface area (Å²) in [6.45, 7) is 2.04. The third kappa shape index (κ3) is 4.22. The predicted molar refractivity (Wildman–Crippen MR) is 75.3 cm³/mol. The molecule has 1 atom stereocenters. The highest BCUT2D eigenvalue weighted by Gasteiger charge is 2.16. The molecule has 5 heteroatoms. The number of carbonyl (C=O) groups is 1. The molecule has 0 bridgehead atoms. The number of carboxylic acids is 1. The van der Waals surface area contributed by atoms with Crippen LogP contribution in [0.4, 0.5) is 5.69 Å². The van der Waals surface area contributed by atoms with Gasteiger partial charge in [-0.15, -0.1) is 0 Å². The molecule has 1 unspecified atom stereocenters. The van der Waals surface area contributed by atoms with Crippen molar-refractivity contribution in [3.8, 4) is 5.75 Å². The third-order valence-electron chi connectivity index (χ3n) is 2.64. The van der Waals surface area contributed by atoms with Crippen LogP contribution in [-0.2, 0) is 4.79 Å². The number of nitrogens with one attached hydrogen (secondary N) is 1. The molecule has 1 rings (SSSR count). The average Bonchev–Trinajstić information content (AvgIpc) is 2.34. The molecule has 0 saturated carbocycles. The van der Waals surface area contributed by atoms with E-state index < -0.39 is 12.0 Å². The number of benzene rings is 1. The number of aliphatic carboxylic acids is 1. The molecule has 0 fully saturated rings. The highest BCUT2D eigenvalue weighted by Crippen LogP contribution is 2.28. The Labute approximate surface area is 115 Å². The van der Waals surface area contributed by atoms with Crippen LogP contribution in [0.2, 0.25) is 0 Å². The minimum Gasteiger partial charge on any atom is -0.496 e. The van der Waals surface area contributed by atoms with Crippen molar-refractivity contribution in [2.75, 3.05) is 12.4 Å². The monoisotopic (exact) mass is 315 g/mol. The number of ether oxygens (including phenoxy) is 1. The van der Waals surface area contributed by atoms with Crippen LogP contribution in [0.15, 0.2) is 22.7 Å². The molecule has 0 aliphatic heterocycles. The summed E-state index contributed by atoms with van der Waals surface area (Å²) in [5, 5.41) is 12.2. The number of unbranched alkanes of at least 4 members (excludes halogenated alkanes) is 1. The normalized spacial score (nSPS) is 11.9. The van der Waals surface area contributed by atoms with E-state index in [1.807, 2.05) is 19.1 Å². The minimum atomic E-state index is -0.824. The number of hydrogen-bond acceptors (Lipinski definition) is 3. The lowest BCUT2D eigenvalue weighted by atomic mass is 10.1. The lowest BCUT2D eigenvalue weighted by Crippen LogP contribution is -2.29. The first kappa shape index (κ1) is 14.8. The van der Waals surface area contributed by atoms with Crippen molar-refractivity contribution in [3.05, 3.63) is 22.7 Å². The fourth-order valence-electron chi connectivity index (χ4n) is 1.62. The van der Waals surface area contributed by atoms with Crippen LogP contribution in [0.1, 0.15) is 26.2 Å². The van der Waals surface area contributed by atoms with E-state index in [1.165, 1.54) is 0 Å². The van der Waals surface area contributed by atoms with Gasteiger partial charge in [0.2, 0.25) is 0 Å². The fourth-order valence-corrected chi connectivity index (χ4v) is 2.16. The molecule has 0 spiro atoms. The van der Waals surface area contributed by atoms with Crippen molar-refractivity contribution in [3.63, 3.8) is 0 Å². The zero-order valence-corrected chi connectivity index (χ0v) is 12.2. The first-order valence-electron chi connectivity index (χ1n) is 5.91. The van der Waals surface area contributed by atoms with Crippen molar-refractivity contribution >= 4 is 27.6 Å². The first-order valence-corrected chi connectivity index (χ1v) is 6.70. The Bertz CT molecular complexity index is 409. The second-order valence-corrected chi connectivity index (χ2v) is 4.88. The zero-order valence-electron chi connectivity index (χ0n) is 10.6. The number of hydrogen-bond donors (Lipinski definition) is 2. The topological polar surface area (TPSA) is 58.6 Å². The second-order valence-electron chi connectivity index (χ2n) is 4.03. The van der Waals surface area contributed by atoms with Gasteiger partial charge in [-0.25, -0.2) is 4.79 Å². The molecule has 0 heterocycles. The summed E-state index contributed by atoms with van der Waals surface area (Å²) in [7, 11) is 1.59. The summed E-state index contributed by atoms with van der Waals surface area (Å²) < 4.78 is 5.93. The number of carboxylic acid groups (broad SMARTS) is 1. The first-order chi connectivity index (χ1) is 8.58. The van der Waals surface area contributed by atoms with Crippen LogP contribution in [0, 0.1) is 0 Å². The molecule has 18 heavy (non-hydrogen) atoms. The largest absolute Gasteiger partial charge is 0.496 e. The molecule has 0 radical (unpaired) electrons. The summed E-state index contributed by atoms with van der Waals surface area (Å²) in [5.74, 6) is -0.101. The predicted octanol–water partition coefficient (Wildman–Crippen LogP) is 3.51. The van der Waals surface area contributed by atoms with Crippen molar-refractivity contribution in [2.24, 2.45) is 0 Å². The second kappa shape index (κ2) is 7.26. The average molecular weight is 316 g/mol. The number of methoxy groups -OCH3 is 1. The van der Waals surface area contributed by atoms with Gasteiger partial charge >= 0.3 is 5.97 Å². The van der Waals surface area contributed by atoms with Crippen LogP contribution >= 0.6 is 15.9 Å². The van der Waals surface area contributed by atoms with Gasteiger partial charge in [0.1, 0.15) is 11.8 Å². The minimum absolute atomic E-state index is 0.551. The van der Waals surface area contributed by atoms with Gasteiger partial charge in [0, 0.05) is 5.69 Å². The molecule has 100 valence electrons.